The summed E-state index contributed by atoms with van der Waals surface area (Å²) in [7, 11) is 0. The molecular weight excluding hydrogens is 186 g/mol. The maximum absolute atomic E-state index is 8.79. The van der Waals surface area contributed by atoms with E-state index in [4.69, 9.17) is 10.4 Å². The van der Waals surface area contributed by atoms with Gasteiger partial charge >= 0.3 is 0 Å². The summed E-state index contributed by atoms with van der Waals surface area (Å²) in [5.41, 5.74) is 0. The average molecular weight is 201 g/mol. The number of aliphatic imine (C=N–C) groups is 1. The van der Waals surface area contributed by atoms with Crippen LogP contribution in [-0.2, 0) is 0 Å². The van der Waals surface area contributed by atoms with Crippen molar-refractivity contribution < 1.29 is 5.11 Å². The third-order valence-corrected chi connectivity index (χ3v) is 2.18. The van der Waals surface area contributed by atoms with Gasteiger partial charge in [-0.25, -0.2) is 0 Å². The largest absolute Gasteiger partial charge is 0.395 e. The van der Waals surface area contributed by atoms with Crippen molar-refractivity contribution in [2.45, 2.75) is 13.3 Å². The van der Waals surface area contributed by atoms with Crippen LogP contribution in [0.25, 0.3) is 0 Å². The lowest BCUT2D eigenvalue weighted by Crippen LogP contribution is -2.32. The normalized spacial score (nSPS) is 11.1. The minimum Gasteiger partial charge on any atom is -0.395 e. The summed E-state index contributed by atoms with van der Waals surface area (Å²) in [4.78, 5) is 5.59. The van der Waals surface area contributed by atoms with Gasteiger partial charge in [0.25, 0.3) is 0 Å². The third kappa shape index (κ3) is 4.76. The molecule has 0 heterocycles. The second-order valence-electron chi connectivity index (χ2n) is 2.41. The summed E-state index contributed by atoms with van der Waals surface area (Å²) in [6, 6.07) is 0. The molecule has 0 radical (unpaired) electrons. The van der Waals surface area contributed by atoms with Crippen LogP contribution in [-0.4, -0.2) is 41.1 Å². The Bertz CT molecular complexity index is 194. The highest BCUT2D eigenvalue weighted by atomic mass is 32.2. The van der Waals surface area contributed by atoms with Gasteiger partial charge in [0.1, 0.15) is 0 Å². The number of amidine groups is 1. The Hall–Kier alpha value is -0.730. The fourth-order valence-electron chi connectivity index (χ4n) is 0.982. The molecule has 5 heteroatoms. The van der Waals surface area contributed by atoms with Crippen LogP contribution in [0.3, 0.4) is 0 Å². The molecule has 0 bridgehead atoms. The van der Waals surface area contributed by atoms with Gasteiger partial charge in [-0.05, 0) is 12.7 Å². The topological polar surface area (TPSA) is 59.6 Å². The lowest BCUT2D eigenvalue weighted by molar-refractivity contribution is 0.251. The quantitative estimate of drug-likeness (QED) is 0.417. The lowest BCUT2D eigenvalue weighted by atomic mass is 10.4. The van der Waals surface area contributed by atoms with Gasteiger partial charge in [0.2, 0.25) is 6.19 Å². The second kappa shape index (κ2) is 7.90. The summed E-state index contributed by atoms with van der Waals surface area (Å²) in [5, 5.41) is 17.9. The van der Waals surface area contributed by atoms with Crippen LogP contribution in [0.2, 0.25) is 0 Å². The molecule has 0 fully saturated rings. The van der Waals surface area contributed by atoms with Crippen molar-refractivity contribution in [1.29, 1.82) is 5.26 Å². The number of aliphatic hydroxyl groups is 1. The van der Waals surface area contributed by atoms with E-state index in [1.54, 1.807) is 6.19 Å². The Morgan fingerprint density at radius 3 is 2.69 bits per heavy atom. The SMILES string of the molecule is CCCN(CCO)C(=NC#N)SC. The molecule has 1 N–H and O–H groups in total. The van der Waals surface area contributed by atoms with E-state index in [0.29, 0.717) is 11.7 Å². The van der Waals surface area contributed by atoms with Crippen molar-refractivity contribution in [2.75, 3.05) is 26.0 Å². The zero-order valence-electron chi connectivity index (χ0n) is 8.03. The standard InChI is InChI=1S/C8H15N3OS/c1-3-4-11(5-6-12)8(13-2)10-7-9/h12H,3-6H2,1-2H3. The average Bonchev–Trinajstić information content (AvgIpc) is 2.14. The van der Waals surface area contributed by atoms with Crippen molar-refractivity contribution >= 4 is 16.9 Å². The summed E-state index contributed by atoms with van der Waals surface area (Å²) < 4.78 is 0. The zero-order valence-corrected chi connectivity index (χ0v) is 8.84. The fourth-order valence-corrected chi connectivity index (χ4v) is 1.55. The molecule has 0 saturated heterocycles. The Morgan fingerprint density at radius 2 is 2.31 bits per heavy atom. The van der Waals surface area contributed by atoms with Gasteiger partial charge in [0.05, 0.1) is 6.61 Å². The first-order valence-electron chi connectivity index (χ1n) is 4.16. The molecule has 0 rings (SSSR count). The zero-order chi connectivity index (χ0) is 10.1. The van der Waals surface area contributed by atoms with Crippen molar-refractivity contribution in [2.24, 2.45) is 4.99 Å². The number of nitriles is 1. The molecule has 0 spiro atoms. The van der Waals surface area contributed by atoms with Crippen molar-refractivity contribution in [1.82, 2.24) is 4.90 Å². The molecule has 0 amide bonds. The number of nitrogens with zero attached hydrogens (tertiary/aromatic N) is 3. The Labute approximate surface area is 83.3 Å². The van der Waals surface area contributed by atoms with Gasteiger partial charge in [0, 0.05) is 13.1 Å². The van der Waals surface area contributed by atoms with Gasteiger partial charge in [-0.3, -0.25) is 0 Å². The van der Waals surface area contributed by atoms with E-state index in [-0.39, 0.29) is 6.61 Å². The van der Waals surface area contributed by atoms with Crippen LogP contribution in [0.5, 0.6) is 0 Å². The number of hydrogen-bond acceptors (Lipinski definition) is 4. The highest BCUT2D eigenvalue weighted by molar-refractivity contribution is 8.13. The van der Waals surface area contributed by atoms with E-state index in [1.807, 2.05) is 11.2 Å². The molecule has 0 aromatic rings. The summed E-state index contributed by atoms with van der Waals surface area (Å²) in [6.45, 7) is 3.50. The monoisotopic (exact) mass is 201 g/mol. The Kier molecular flexibility index (Phi) is 7.45. The van der Waals surface area contributed by atoms with Crippen molar-refractivity contribution in [3.8, 4) is 6.19 Å². The molecule has 74 valence electrons. The highest BCUT2D eigenvalue weighted by Gasteiger charge is 2.08. The van der Waals surface area contributed by atoms with E-state index < -0.39 is 0 Å². The fraction of sp³-hybridized carbons (Fsp3) is 0.750. The van der Waals surface area contributed by atoms with Crippen LogP contribution in [0.4, 0.5) is 0 Å². The van der Waals surface area contributed by atoms with Gasteiger partial charge in [-0.1, -0.05) is 18.7 Å². The molecule has 0 aliphatic carbocycles. The van der Waals surface area contributed by atoms with Crippen LogP contribution in [0, 0.1) is 11.5 Å². The van der Waals surface area contributed by atoms with Gasteiger partial charge in [-0.15, -0.1) is 4.99 Å². The number of hydrogen-bond donors (Lipinski definition) is 1. The molecular formula is C8H15N3OS. The molecule has 0 aromatic heterocycles. The minimum absolute atomic E-state index is 0.0883. The molecule has 0 saturated carbocycles. The molecule has 0 aliphatic rings. The summed E-state index contributed by atoms with van der Waals surface area (Å²) in [6.07, 6.45) is 4.61. The molecule has 0 unspecified atom stereocenters. The van der Waals surface area contributed by atoms with Crippen molar-refractivity contribution in [3.05, 3.63) is 0 Å². The van der Waals surface area contributed by atoms with Gasteiger partial charge in [-0.2, -0.15) is 5.26 Å². The van der Waals surface area contributed by atoms with Crippen LogP contribution >= 0.6 is 11.8 Å². The van der Waals surface area contributed by atoms with Crippen LogP contribution in [0.1, 0.15) is 13.3 Å². The van der Waals surface area contributed by atoms with E-state index in [2.05, 4.69) is 11.9 Å². The highest BCUT2D eigenvalue weighted by Crippen LogP contribution is 2.05. The van der Waals surface area contributed by atoms with E-state index in [0.717, 1.165) is 13.0 Å². The number of rotatable bonds is 4. The molecule has 0 aliphatic heterocycles. The maximum Gasteiger partial charge on any atom is 0.208 e. The molecule has 0 atom stereocenters. The van der Waals surface area contributed by atoms with Gasteiger partial charge < -0.3 is 10.0 Å². The smallest absolute Gasteiger partial charge is 0.208 e. The predicted octanol–water partition coefficient (Wildman–Crippen LogP) is 0.891. The minimum atomic E-state index is 0.0883. The Balaban J connectivity index is 4.31. The molecule has 4 nitrogen and oxygen atoms in total. The summed E-state index contributed by atoms with van der Waals surface area (Å²) >= 11 is 1.42. The van der Waals surface area contributed by atoms with Crippen LogP contribution in [0.15, 0.2) is 4.99 Å². The first kappa shape index (κ1) is 12.3. The second-order valence-corrected chi connectivity index (χ2v) is 3.18. The van der Waals surface area contributed by atoms with E-state index in [1.165, 1.54) is 11.8 Å². The number of aliphatic hydroxyl groups excluding tert-OH is 1. The maximum atomic E-state index is 8.79. The van der Waals surface area contributed by atoms with E-state index in [9.17, 15) is 0 Å². The first-order valence-corrected chi connectivity index (χ1v) is 5.39. The molecule has 0 aromatic carbocycles. The Morgan fingerprint density at radius 1 is 1.62 bits per heavy atom. The van der Waals surface area contributed by atoms with Gasteiger partial charge in [0.15, 0.2) is 5.17 Å². The third-order valence-electron chi connectivity index (χ3n) is 1.46. The van der Waals surface area contributed by atoms with Crippen LogP contribution < -0.4 is 0 Å². The molecule has 13 heavy (non-hydrogen) atoms. The lowest BCUT2D eigenvalue weighted by Gasteiger charge is -2.22. The van der Waals surface area contributed by atoms with Crippen molar-refractivity contribution in [3.63, 3.8) is 0 Å². The summed E-state index contributed by atoms with van der Waals surface area (Å²) in [5.74, 6) is 0. The predicted molar refractivity (Wildman–Crippen MR) is 55.5 cm³/mol. The number of thioether (sulfide) groups is 1. The van der Waals surface area contributed by atoms with E-state index >= 15 is 0 Å². The first-order chi connectivity index (χ1) is 6.29.